The molecule has 3 fully saturated rings. The van der Waals surface area contributed by atoms with E-state index < -0.39 is 30.7 Å². The second kappa shape index (κ2) is 35.9. The summed E-state index contributed by atoms with van der Waals surface area (Å²) in [7, 11) is 1.49. The number of hydrogen-bond acceptors (Lipinski definition) is 18. The predicted octanol–water partition coefficient (Wildman–Crippen LogP) is 8.61. The van der Waals surface area contributed by atoms with Crippen molar-refractivity contribution in [3.63, 3.8) is 0 Å². The second-order valence-corrected chi connectivity index (χ2v) is 17.2. The Morgan fingerprint density at radius 2 is 1.37 bits per heavy atom. The third kappa shape index (κ3) is 25.2. The molecule has 6 unspecified atom stereocenters. The highest BCUT2D eigenvalue weighted by Crippen LogP contribution is 2.33. The van der Waals surface area contributed by atoms with Gasteiger partial charge in [-0.15, -0.1) is 0 Å². The van der Waals surface area contributed by atoms with E-state index in [0.717, 1.165) is 102 Å². The van der Waals surface area contributed by atoms with Crippen molar-refractivity contribution in [3.05, 3.63) is 95.9 Å². The number of ether oxygens (including phenoxy) is 3. The molecule has 3 aliphatic rings. The van der Waals surface area contributed by atoms with E-state index >= 15 is 0 Å². The summed E-state index contributed by atoms with van der Waals surface area (Å²) in [5.74, 6) is 0.0154. The number of anilines is 1. The maximum Gasteiger partial charge on any atom is 0.409 e. The normalized spacial score (nSPS) is 19.9. The number of esters is 1. The highest BCUT2D eigenvalue weighted by molar-refractivity contribution is 5.86. The molecule has 2 amide bonds. The fraction of sp³-hybridized carbons (Fsp3) is 0.608. The fourth-order valence-corrected chi connectivity index (χ4v) is 7.36. The molecule has 6 atom stereocenters. The predicted molar refractivity (Wildman–Crippen MR) is 259 cm³/mol. The molecule has 5 rings (SSSR count). The molecular formula is C51H76N4O16. The van der Waals surface area contributed by atoms with Crippen LogP contribution >= 0.6 is 0 Å². The molecule has 0 spiro atoms. The van der Waals surface area contributed by atoms with Crippen LogP contribution in [0, 0.1) is 12.8 Å². The van der Waals surface area contributed by atoms with Gasteiger partial charge in [0.25, 0.3) is 12.6 Å². The number of aryl methyl sites for hydroxylation is 1. The first-order valence-corrected chi connectivity index (χ1v) is 24.7. The number of unbranched alkanes of at least 4 members (excludes halogenated alkanes) is 4. The van der Waals surface area contributed by atoms with Gasteiger partial charge in [-0.1, -0.05) is 99.4 Å². The summed E-state index contributed by atoms with van der Waals surface area (Å²) in [6.45, 7) is 13.4. The minimum Gasteiger partial charge on any atom is -0.462 e. The van der Waals surface area contributed by atoms with Crippen LogP contribution in [0.25, 0.3) is 0 Å². The first-order valence-electron chi connectivity index (χ1n) is 24.7. The van der Waals surface area contributed by atoms with Gasteiger partial charge in [0, 0.05) is 24.9 Å². The maximum absolute atomic E-state index is 12.0. The lowest BCUT2D eigenvalue weighted by molar-refractivity contribution is -0.510. The maximum atomic E-state index is 12.0. The number of carbonyl (C=O) groups excluding carboxylic acids is 3. The standard InChI is InChI=1S/C34H46N2O8.C17H30N2O8/c1-24(2)32(37)39-21-7-20-35-34(38)41-33-31(43-44-33)10-5-4-8-28-9-6-11-30(28)42-40-23-36-29-18-16-27(17-19-29)22-26-14-12-25(3)13-15-26;1-3-11-21-22-13-8-10-19-14-24-23-12-7-5-4-6-9-15-16(27-26-15)25-17(20)18-2/h12-19,28,30-31,33,36H,1,4-11,20-23H2,2-3H3,(H,35,38);11,15-16,19H,1,4-10,12-14H2,2H3,(H,18,20). The molecule has 4 N–H and O–H groups in total. The number of nitrogens with one attached hydrogen (secondary N) is 4. The first kappa shape index (κ1) is 58.5. The zero-order valence-electron chi connectivity index (χ0n) is 41.7. The molecule has 2 saturated heterocycles. The Bertz CT molecular complexity index is 1850. The summed E-state index contributed by atoms with van der Waals surface area (Å²) in [5.41, 5.74) is 7.61. The van der Waals surface area contributed by atoms with Gasteiger partial charge in [0.15, 0.2) is 25.2 Å². The molecule has 0 bridgehead atoms. The third-order valence-electron chi connectivity index (χ3n) is 11.4. The van der Waals surface area contributed by atoms with Crippen molar-refractivity contribution in [1.29, 1.82) is 0 Å². The van der Waals surface area contributed by atoms with E-state index in [4.69, 9.17) is 58.2 Å². The quantitative estimate of drug-likeness (QED) is 0.00584. The van der Waals surface area contributed by atoms with Gasteiger partial charge in [0.1, 0.15) is 6.73 Å². The summed E-state index contributed by atoms with van der Waals surface area (Å²) >= 11 is 0. The molecule has 2 heterocycles. The highest BCUT2D eigenvalue weighted by atomic mass is 17.3. The third-order valence-corrected chi connectivity index (χ3v) is 11.4. The number of amides is 2. The average Bonchev–Trinajstić information content (AvgIpc) is 3.81. The zero-order valence-corrected chi connectivity index (χ0v) is 41.7. The minimum atomic E-state index is -0.718. The number of carbonyl (C=O) groups is 3. The lowest BCUT2D eigenvalue weighted by atomic mass is 9.97. The molecule has 2 aliphatic heterocycles. The number of rotatable bonds is 35. The van der Waals surface area contributed by atoms with Gasteiger partial charge in [0.05, 0.1) is 25.9 Å². The van der Waals surface area contributed by atoms with Crippen LogP contribution < -0.4 is 21.3 Å². The molecule has 0 radical (unpaired) electrons. The van der Waals surface area contributed by atoms with Crippen LogP contribution in [0.15, 0.2) is 79.3 Å². The van der Waals surface area contributed by atoms with Crippen molar-refractivity contribution in [2.75, 3.05) is 58.7 Å². The van der Waals surface area contributed by atoms with E-state index in [1.54, 1.807) is 6.92 Å². The number of hydrogen-bond donors (Lipinski definition) is 4. The Balaban J connectivity index is 0.000000348. The van der Waals surface area contributed by atoms with Gasteiger partial charge in [-0.3, -0.25) is 5.32 Å². The van der Waals surface area contributed by atoms with Crippen LogP contribution in [0.5, 0.6) is 0 Å². The van der Waals surface area contributed by atoms with E-state index in [9.17, 15) is 14.4 Å². The molecular weight excluding hydrogens is 925 g/mol. The van der Waals surface area contributed by atoms with Crippen molar-refractivity contribution in [2.24, 2.45) is 5.92 Å². The van der Waals surface area contributed by atoms with Crippen molar-refractivity contribution in [3.8, 4) is 0 Å². The molecule has 20 heteroatoms. The van der Waals surface area contributed by atoms with Gasteiger partial charge in [-0.25, -0.2) is 43.7 Å². The second-order valence-electron chi connectivity index (χ2n) is 17.2. The van der Waals surface area contributed by atoms with Gasteiger partial charge in [-0.2, -0.15) is 14.7 Å². The van der Waals surface area contributed by atoms with Crippen molar-refractivity contribution in [1.82, 2.24) is 16.0 Å². The van der Waals surface area contributed by atoms with E-state index in [0.29, 0.717) is 44.4 Å². The minimum absolute atomic E-state index is 0.0982. The largest absolute Gasteiger partial charge is 0.462 e. The van der Waals surface area contributed by atoms with Gasteiger partial charge < -0.3 is 35.0 Å². The van der Waals surface area contributed by atoms with Crippen molar-refractivity contribution >= 4 is 23.8 Å². The van der Waals surface area contributed by atoms with Crippen LogP contribution in [0.2, 0.25) is 0 Å². The number of alkyl carbamates (subject to hydrolysis) is 2. The summed E-state index contributed by atoms with van der Waals surface area (Å²) in [5, 5.41) is 11.3. The van der Waals surface area contributed by atoms with Gasteiger partial charge in [0.2, 0.25) is 0 Å². The molecule has 2 aromatic carbocycles. The van der Waals surface area contributed by atoms with Crippen LogP contribution in [0.1, 0.15) is 114 Å². The van der Waals surface area contributed by atoms with E-state index in [1.807, 2.05) is 0 Å². The SMILES string of the molecule is C=C(C)C(=O)OCCCNC(=O)OC1OOC1CCCCC1CCCC1OOCNc1ccc(Cc2ccc(C)cc2)cc1.C=C=COOCCCNCOOCCCCCCC1OOC1OC(=O)NC. The average molecular weight is 1000 g/mol. The summed E-state index contributed by atoms with van der Waals surface area (Å²) in [6, 6.07) is 17.0. The van der Waals surface area contributed by atoms with Gasteiger partial charge >= 0.3 is 18.2 Å². The Hall–Kier alpha value is -5.09. The van der Waals surface area contributed by atoms with Gasteiger partial charge in [-0.05, 0) is 107 Å². The molecule has 2 aromatic rings. The highest BCUT2D eigenvalue weighted by Gasteiger charge is 2.39. The Morgan fingerprint density at radius 1 is 0.718 bits per heavy atom. The molecule has 1 saturated carbocycles. The van der Waals surface area contributed by atoms with Crippen LogP contribution in [0.4, 0.5) is 15.3 Å². The van der Waals surface area contributed by atoms with Crippen LogP contribution in [0.3, 0.4) is 0 Å². The topological polar surface area (TPSA) is 219 Å². The van der Waals surface area contributed by atoms with Crippen LogP contribution in [-0.4, -0.2) is 102 Å². The Morgan fingerprint density at radius 3 is 2.04 bits per heavy atom. The molecule has 71 heavy (non-hydrogen) atoms. The van der Waals surface area contributed by atoms with Crippen LogP contribution in [-0.2, 0) is 74.3 Å². The van der Waals surface area contributed by atoms with Crippen molar-refractivity contribution in [2.45, 2.75) is 141 Å². The Kier molecular flexibility index (Phi) is 29.6. The molecule has 396 valence electrons. The van der Waals surface area contributed by atoms with E-state index in [2.05, 4.69) is 100 Å². The fourth-order valence-electron chi connectivity index (χ4n) is 7.36. The lowest BCUT2D eigenvalue weighted by Gasteiger charge is -2.33. The van der Waals surface area contributed by atoms with E-state index in [1.165, 1.54) is 30.0 Å². The summed E-state index contributed by atoms with van der Waals surface area (Å²) < 4.78 is 15.2. The van der Waals surface area contributed by atoms with Crippen molar-refractivity contribution < 1.29 is 77.5 Å². The monoisotopic (exact) mass is 1000 g/mol. The molecule has 20 nitrogen and oxygen atoms in total. The molecule has 0 aromatic heterocycles. The lowest BCUT2D eigenvalue weighted by Crippen LogP contribution is -2.47. The smallest absolute Gasteiger partial charge is 0.409 e. The first-order chi connectivity index (χ1) is 34.6. The summed E-state index contributed by atoms with van der Waals surface area (Å²) in [6.07, 6.45) is 12.2. The van der Waals surface area contributed by atoms with E-state index in [-0.39, 0.29) is 31.6 Å². The molecule has 1 aliphatic carbocycles. The zero-order chi connectivity index (χ0) is 50.7. The Labute approximate surface area is 417 Å². The number of benzene rings is 2. The summed E-state index contributed by atoms with van der Waals surface area (Å²) in [4.78, 5) is 85.0.